The predicted molar refractivity (Wildman–Crippen MR) is 139 cm³/mol. The van der Waals surface area contributed by atoms with E-state index in [9.17, 15) is 19.2 Å². The number of carbonyl (C=O) groups excluding carboxylic acids is 3. The Morgan fingerprint density at radius 1 is 0.722 bits per heavy atom. The number of aliphatic carboxylic acids is 1. The second kappa shape index (κ2) is 12.6. The van der Waals surface area contributed by atoms with Crippen LogP contribution in [0.2, 0.25) is 10.0 Å². The Kier molecular flexibility index (Phi) is 9.55. The topological polar surface area (TPSA) is 101 Å². The third kappa shape index (κ3) is 7.86. The minimum Gasteiger partial charge on any atom is -0.480 e. The number of Topliss-reactive ketones (excluding diaryl/α,β-unsaturated/α-hetero) is 1. The number of carboxylic acids is 1. The summed E-state index contributed by atoms with van der Waals surface area (Å²) >= 11 is 11.6. The minimum absolute atomic E-state index is 0.00796. The number of ketones is 1. The first-order valence-corrected chi connectivity index (χ1v) is 12.2. The Labute approximate surface area is 219 Å². The summed E-state index contributed by atoms with van der Waals surface area (Å²) < 4.78 is 0. The zero-order chi connectivity index (χ0) is 26.2. The van der Waals surface area contributed by atoms with Gasteiger partial charge in [-0.25, -0.2) is 0 Å². The van der Waals surface area contributed by atoms with Crippen LogP contribution in [-0.4, -0.2) is 90.8 Å². The van der Waals surface area contributed by atoms with Crippen LogP contribution in [0, 0.1) is 0 Å². The SMILES string of the molecule is CC(=O)CN1CCN(c2ccc(Cl)cc2)CC1=O.O=C(O)CN1CCN(c2ccc(Cl)cc2)CC1=O. The van der Waals surface area contributed by atoms with Crippen molar-refractivity contribution in [1.29, 1.82) is 0 Å². The maximum absolute atomic E-state index is 11.9. The van der Waals surface area contributed by atoms with E-state index in [1.54, 1.807) is 17.0 Å². The van der Waals surface area contributed by atoms with Gasteiger partial charge < -0.3 is 24.7 Å². The molecule has 2 aliphatic rings. The Balaban J connectivity index is 0.000000201. The summed E-state index contributed by atoms with van der Waals surface area (Å²) in [6.07, 6.45) is 0. The summed E-state index contributed by atoms with van der Waals surface area (Å²) in [6.45, 7) is 4.37. The summed E-state index contributed by atoms with van der Waals surface area (Å²) in [6, 6.07) is 14.7. The van der Waals surface area contributed by atoms with Crippen molar-refractivity contribution in [1.82, 2.24) is 9.80 Å². The summed E-state index contributed by atoms with van der Waals surface area (Å²) in [5.74, 6) is -1.14. The van der Waals surface area contributed by atoms with Crippen molar-refractivity contribution in [2.75, 3.05) is 62.2 Å². The van der Waals surface area contributed by atoms with E-state index in [1.807, 2.05) is 46.2 Å². The third-order valence-corrected chi connectivity index (χ3v) is 6.26. The lowest BCUT2D eigenvalue weighted by atomic mass is 10.2. The average molecular weight is 535 g/mol. The summed E-state index contributed by atoms with van der Waals surface area (Å²) in [4.78, 5) is 52.1. The van der Waals surface area contributed by atoms with Gasteiger partial charge in [0.2, 0.25) is 11.8 Å². The summed E-state index contributed by atoms with van der Waals surface area (Å²) in [7, 11) is 0. The number of hydrogen-bond donors (Lipinski definition) is 1. The molecule has 0 spiro atoms. The molecule has 0 unspecified atom stereocenters. The molecule has 2 heterocycles. The van der Waals surface area contributed by atoms with E-state index < -0.39 is 5.97 Å². The largest absolute Gasteiger partial charge is 0.480 e. The highest BCUT2D eigenvalue weighted by molar-refractivity contribution is 6.30. The van der Waals surface area contributed by atoms with Crippen LogP contribution in [0.1, 0.15) is 6.92 Å². The van der Waals surface area contributed by atoms with Crippen LogP contribution in [0.4, 0.5) is 11.4 Å². The number of benzene rings is 2. The number of amides is 2. The van der Waals surface area contributed by atoms with Crippen LogP contribution in [0.3, 0.4) is 0 Å². The number of carbonyl (C=O) groups is 4. The molecule has 0 aromatic heterocycles. The fourth-order valence-corrected chi connectivity index (χ4v) is 4.18. The maximum Gasteiger partial charge on any atom is 0.323 e. The molecule has 192 valence electrons. The van der Waals surface area contributed by atoms with Crippen LogP contribution in [0.15, 0.2) is 48.5 Å². The molecule has 0 atom stereocenters. The van der Waals surface area contributed by atoms with Crippen LogP contribution in [0.5, 0.6) is 0 Å². The van der Waals surface area contributed by atoms with Crippen LogP contribution in [0.25, 0.3) is 0 Å². The minimum atomic E-state index is -0.983. The Morgan fingerprint density at radius 3 is 1.44 bits per heavy atom. The zero-order valence-electron chi connectivity index (χ0n) is 19.9. The van der Waals surface area contributed by atoms with Gasteiger partial charge in [-0.3, -0.25) is 19.2 Å². The van der Waals surface area contributed by atoms with Crippen molar-refractivity contribution >= 4 is 58.1 Å². The van der Waals surface area contributed by atoms with E-state index in [0.717, 1.165) is 17.9 Å². The van der Waals surface area contributed by atoms with E-state index in [1.165, 1.54) is 11.8 Å². The standard InChI is InChI=1S/C13H15ClN2O2.C12H13ClN2O3/c1-10(17)8-16-7-6-15(9-13(16)18)12-4-2-11(14)3-5-12;13-9-1-3-10(4-2-9)14-5-6-15(8-12(17)18)11(16)7-14/h2-5H,6-9H2,1H3;1-4H,5-8H2,(H,17,18). The van der Waals surface area contributed by atoms with Crippen molar-refractivity contribution in [3.05, 3.63) is 58.6 Å². The molecular formula is C25H28Cl2N4O5. The molecule has 1 N–H and O–H groups in total. The Hall–Kier alpha value is -3.30. The molecule has 0 saturated carbocycles. The quantitative estimate of drug-likeness (QED) is 0.607. The lowest BCUT2D eigenvalue weighted by Gasteiger charge is -2.35. The van der Waals surface area contributed by atoms with Crippen molar-refractivity contribution in [2.45, 2.75) is 6.92 Å². The van der Waals surface area contributed by atoms with Gasteiger partial charge in [0.15, 0.2) is 0 Å². The number of halogens is 2. The molecule has 2 aromatic rings. The van der Waals surface area contributed by atoms with Gasteiger partial charge in [-0.15, -0.1) is 0 Å². The van der Waals surface area contributed by atoms with E-state index in [0.29, 0.717) is 36.2 Å². The van der Waals surface area contributed by atoms with E-state index in [4.69, 9.17) is 28.3 Å². The van der Waals surface area contributed by atoms with Crippen molar-refractivity contribution in [3.63, 3.8) is 0 Å². The zero-order valence-corrected chi connectivity index (χ0v) is 21.4. The van der Waals surface area contributed by atoms with Gasteiger partial charge in [0.1, 0.15) is 12.3 Å². The molecular weight excluding hydrogens is 507 g/mol. The fraction of sp³-hybridized carbons (Fsp3) is 0.360. The van der Waals surface area contributed by atoms with Gasteiger partial charge in [-0.05, 0) is 55.5 Å². The number of nitrogens with zero attached hydrogens (tertiary/aromatic N) is 4. The molecule has 2 saturated heterocycles. The van der Waals surface area contributed by atoms with Gasteiger partial charge in [-0.1, -0.05) is 23.2 Å². The smallest absolute Gasteiger partial charge is 0.323 e. The first-order valence-electron chi connectivity index (χ1n) is 11.4. The van der Waals surface area contributed by atoms with Crippen molar-refractivity contribution < 1.29 is 24.3 Å². The molecule has 2 fully saturated rings. The van der Waals surface area contributed by atoms with Crippen LogP contribution < -0.4 is 9.80 Å². The highest BCUT2D eigenvalue weighted by Gasteiger charge is 2.26. The highest BCUT2D eigenvalue weighted by atomic mass is 35.5. The first kappa shape index (κ1) is 27.3. The van der Waals surface area contributed by atoms with Gasteiger partial charge in [0.05, 0.1) is 19.6 Å². The number of anilines is 2. The second-order valence-electron chi connectivity index (χ2n) is 8.52. The lowest BCUT2D eigenvalue weighted by molar-refractivity contribution is -0.144. The second-order valence-corrected chi connectivity index (χ2v) is 9.40. The fourth-order valence-electron chi connectivity index (χ4n) is 3.93. The summed E-state index contributed by atoms with van der Waals surface area (Å²) in [5.41, 5.74) is 1.90. The average Bonchev–Trinajstić information content (AvgIpc) is 2.83. The molecule has 0 aliphatic carbocycles. The Morgan fingerprint density at radius 2 is 1.11 bits per heavy atom. The van der Waals surface area contributed by atoms with Gasteiger partial charge in [0.25, 0.3) is 0 Å². The molecule has 2 aliphatic heterocycles. The lowest BCUT2D eigenvalue weighted by Crippen LogP contribution is -2.51. The number of carboxylic acid groups (broad SMARTS) is 1. The first-order chi connectivity index (χ1) is 17.1. The molecule has 4 rings (SSSR count). The molecule has 11 heteroatoms. The number of hydrogen-bond acceptors (Lipinski definition) is 6. The van der Waals surface area contributed by atoms with E-state index in [-0.39, 0.29) is 37.2 Å². The number of piperazine rings is 2. The predicted octanol–water partition coefficient (Wildman–Crippen LogP) is 2.65. The highest BCUT2D eigenvalue weighted by Crippen LogP contribution is 2.21. The molecule has 0 bridgehead atoms. The molecule has 0 radical (unpaired) electrons. The van der Waals surface area contributed by atoms with Gasteiger partial charge >= 0.3 is 5.97 Å². The van der Waals surface area contributed by atoms with Crippen molar-refractivity contribution in [3.8, 4) is 0 Å². The molecule has 9 nitrogen and oxygen atoms in total. The van der Waals surface area contributed by atoms with Gasteiger partial charge in [0, 0.05) is 47.6 Å². The molecule has 2 aromatic carbocycles. The van der Waals surface area contributed by atoms with Crippen LogP contribution in [-0.2, 0) is 19.2 Å². The van der Waals surface area contributed by atoms with Crippen molar-refractivity contribution in [2.24, 2.45) is 0 Å². The van der Waals surface area contributed by atoms with Gasteiger partial charge in [-0.2, -0.15) is 0 Å². The maximum atomic E-state index is 11.9. The van der Waals surface area contributed by atoms with Crippen LogP contribution >= 0.6 is 23.2 Å². The van der Waals surface area contributed by atoms with E-state index >= 15 is 0 Å². The van der Waals surface area contributed by atoms with E-state index in [2.05, 4.69) is 0 Å². The number of rotatable bonds is 6. The third-order valence-electron chi connectivity index (χ3n) is 5.76. The monoisotopic (exact) mass is 534 g/mol. The molecule has 36 heavy (non-hydrogen) atoms. The Bertz CT molecular complexity index is 1010. The normalized spacial score (nSPS) is 16.0. The summed E-state index contributed by atoms with van der Waals surface area (Å²) in [5, 5.41) is 10.0. The molecule has 2 amide bonds.